The van der Waals surface area contributed by atoms with Gasteiger partial charge < -0.3 is 10.6 Å². The first-order chi connectivity index (χ1) is 12.8. The number of hydrogen-bond acceptors (Lipinski definition) is 5. The second-order valence-corrected chi connectivity index (χ2v) is 6.72. The molecule has 2 aromatic rings. The van der Waals surface area contributed by atoms with Crippen molar-refractivity contribution in [3.8, 4) is 0 Å². The highest BCUT2D eigenvalue weighted by molar-refractivity contribution is 6.35. The molecule has 0 saturated heterocycles. The maximum Gasteiger partial charge on any atom is 0.248 e. The lowest BCUT2D eigenvalue weighted by Crippen LogP contribution is -2.47. The summed E-state index contributed by atoms with van der Waals surface area (Å²) in [5, 5.41) is 2.89. The van der Waals surface area contributed by atoms with Crippen molar-refractivity contribution in [1.82, 2.24) is 5.32 Å². The molecule has 2 aromatic carbocycles. The highest BCUT2D eigenvalue weighted by Crippen LogP contribution is 2.29. The molecule has 0 aliphatic carbocycles. The number of carbonyl (C=O) groups excluding carboxylic acids is 3. The van der Waals surface area contributed by atoms with E-state index in [9.17, 15) is 14.4 Å². The van der Waals surface area contributed by atoms with Gasteiger partial charge >= 0.3 is 0 Å². The van der Waals surface area contributed by atoms with E-state index in [2.05, 4.69) is 5.32 Å². The number of benzene rings is 2. The number of amides is 2. The molecular weight excluding hydrogens is 389 g/mol. The Morgan fingerprint density at radius 2 is 1.78 bits per heavy atom. The second kappa shape index (κ2) is 8.99. The molecule has 0 bridgehead atoms. The molecule has 2 amide bonds. The van der Waals surface area contributed by atoms with Crippen molar-refractivity contribution < 1.29 is 14.4 Å². The van der Waals surface area contributed by atoms with Crippen LogP contribution in [0.1, 0.15) is 22.8 Å². The summed E-state index contributed by atoms with van der Waals surface area (Å²) >= 11 is 12.2. The van der Waals surface area contributed by atoms with Crippen molar-refractivity contribution in [2.24, 2.45) is 5.73 Å². The monoisotopic (exact) mass is 407 g/mol. The molecule has 0 saturated carbocycles. The molecule has 0 aliphatic heterocycles. The van der Waals surface area contributed by atoms with Gasteiger partial charge in [0.25, 0.3) is 0 Å². The minimum atomic E-state index is -0.737. The summed E-state index contributed by atoms with van der Waals surface area (Å²) in [7, 11) is 1.64. The number of imide groups is 1. The Kier molecular flexibility index (Phi) is 6.96. The van der Waals surface area contributed by atoms with E-state index in [1.807, 2.05) is 0 Å². The largest absolute Gasteiger partial charge is 0.362 e. The third-order valence-corrected chi connectivity index (χ3v) is 4.67. The predicted octanol–water partition coefficient (Wildman–Crippen LogP) is 2.65. The van der Waals surface area contributed by atoms with Gasteiger partial charge in [-0.2, -0.15) is 0 Å². The lowest BCUT2D eigenvalue weighted by Gasteiger charge is -2.27. The van der Waals surface area contributed by atoms with E-state index >= 15 is 0 Å². The van der Waals surface area contributed by atoms with Gasteiger partial charge in [-0.05, 0) is 37.3 Å². The summed E-state index contributed by atoms with van der Waals surface area (Å²) in [4.78, 5) is 38.2. The maximum absolute atomic E-state index is 13.0. The molecule has 1 atom stereocenters. The van der Waals surface area contributed by atoms with E-state index in [0.717, 1.165) is 0 Å². The van der Waals surface area contributed by atoms with Crippen LogP contribution in [-0.4, -0.2) is 37.2 Å². The van der Waals surface area contributed by atoms with E-state index in [0.29, 0.717) is 26.9 Å². The quantitative estimate of drug-likeness (QED) is 0.717. The Balaban J connectivity index is 2.40. The van der Waals surface area contributed by atoms with Crippen LogP contribution < -0.4 is 16.0 Å². The van der Waals surface area contributed by atoms with Gasteiger partial charge in [0.2, 0.25) is 11.8 Å². The number of ketones is 1. The van der Waals surface area contributed by atoms with Crippen LogP contribution in [0.4, 0.5) is 5.69 Å². The SMILES string of the molecule is C[C@@H](C(=O)NC(=O)CN)N(C)c1ccc(Cl)cc1C(=O)c1ccccc1Cl. The molecule has 142 valence electrons. The van der Waals surface area contributed by atoms with Crippen molar-refractivity contribution >= 4 is 46.5 Å². The Labute approximate surface area is 167 Å². The average molecular weight is 408 g/mol. The van der Waals surface area contributed by atoms with E-state index in [4.69, 9.17) is 28.9 Å². The highest BCUT2D eigenvalue weighted by atomic mass is 35.5. The van der Waals surface area contributed by atoms with Crippen molar-refractivity contribution in [2.75, 3.05) is 18.5 Å². The van der Waals surface area contributed by atoms with Crippen LogP contribution in [0.15, 0.2) is 42.5 Å². The van der Waals surface area contributed by atoms with Crippen molar-refractivity contribution in [3.63, 3.8) is 0 Å². The van der Waals surface area contributed by atoms with E-state index in [1.165, 1.54) is 6.07 Å². The molecule has 0 heterocycles. The summed E-state index contributed by atoms with van der Waals surface area (Å²) in [6, 6.07) is 10.7. The average Bonchev–Trinajstić information content (AvgIpc) is 2.66. The zero-order chi connectivity index (χ0) is 20.1. The van der Waals surface area contributed by atoms with Gasteiger partial charge in [-0.25, -0.2) is 0 Å². The number of halogens is 2. The minimum absolute atomic E-state index is 0.292. The molecule has 0 radical (unpaired) electrons. The van der Waals surface area contributed by atoms with Gasteiger partial charge in [-0.3, -0.25) is 19.7 Å². The molecule has 27 heavy (non-hydrogen) atoms. The second-order valence-electron chi connectivity index (χ2n) is 5.87. The van der Waals surface area contributed by atoms with Crippen molar-refractivity contribution in [1.29, 1.82) is 0 Å². The van der Waals surface area contributed by atoms with Gasteiger partial charge in [-0.1, -0.05) is 35.3 Å². The Morgan fingerprint density at radius 1 is 1.11 bits per heavy atom. The smallest absolute Gasteiger partial charge is 0.248 e. The van der Waals surface area contributed by atoms with Crippen LogP contribution in [-0.2, 0) is 9.59 Å². The van der Waals surface area contributed by atoms with Crippen LogP contribution in [0.2, 0.25) is 10.0 Å². The van der Waals surface area contributed by atoms with Crippen LogP contribution in [0.5, 0.6) is 0 Å². The molecule has 0 aliphatic rings. The van der Waals surface area contributed by atoms with Crippen LogP contribution in [0.25, 0.3) is 0 Å². The zero-order valence-corrected chi connectivity index (χ0v) is 16.3. The number of likely N-dealkylation sites (N-methyl/N-ethyl adjacent to an activating group) is 1. The Hall–Kier alpha value is -2.41. The third kappa shape index (κ3) is 4.86. The van der Waals surface area contributed by atoms with Crippen LogP contribution in [0, 0.1) is 0 Å². The minimum Gasteiger partial charge on any atom is -0.362 e. The van der Waals surface area contributed by atoms with Crippen LogP contribution in [0.3, 0.4) is 0 Å². The fourth-order valence-electron chi connectivity index (χ4n) is 2.47. The normalized spacial score (nSPS) is 11.6. The van der Waals surface area contributed by atoms with E-state index < -0.39 is 17.9 Å². The van der Waals surface area contributed by atoms with Gasteiger partial charge in [0.05, 0.1) is 11.6 Å². The number of carbonyl (C=O) groups is 3. The fraction of sp³-hybridized carbons (Fsp3) is 0.211. The molecule has 0 spiro atoms. The predicted molar refractivity (Wildman–Crippen MR) is 106 cm³/mol. The lowest BCUT2D eigenvalue weighted by atomic mass is 10.0. The zero-order valence-electron chi connectivity index (χ0n) is 14.8. The number of nitrogens with zero attached hydrogens (tertiary/aromatic N) is 1. The summed E-state index contributed by atoms with van der Waals surface area (Å²) < 4.78 is 0. The van der Waals surface area contributed by atoms with Crippen LogP contribution >= 0.6 is 23.2 Å². The maximum atomic E-state index is 13.0. The molecule has 0 unspecified atom stereocenters. The molecule has 0 fully saturated rings. The first-order valence-electron chi connectivity index (χ1n) is 8.11. The van der Waals surface area contributed by atoms with Crippen molar-refractivity contribution in [3.05, 3.63) is 63.6 Å². The first kappa shape index (κ1) is 20.9. The molecule has 6 nitrogen and oxygen atoms in total. The van der Waals surface area contributed by atoms with Gasteiger partial charge in [-0.15, -0.1) is 0 Å². The van der Waals surface area contributed by atoms with Crippen molar-refractivity contribution in [2.45, 2.75) is 13.0 Å². The molecule has 0 aromatic heterocycles. The summed E-state index contributed by atoms with van der Waals surface area (Å²) in [6.45, 7) is 1.32. The van der Waals surface area contributed by atoms with E-state index in [1.54, 1.807) is 55.3 Å². The molecular formula is C19H19Cl2N3O3. The third-order valence-electron chi connectivity index (χ3n) is 4.11. The summed E-state index contributed by atoms with van der Waals surface area (Å²) in [5.41, 5.74) is 6.32. The molecule has 3 N–H and O–H groups in total. The Bertz CT molecular complexity index is 886. The molecule has 8 heteroatoms. The number of anilines is 1. The number of hydrogen-bond donors (Lipinski definition) is 2. The molecule has 2 rings (SSSR count). The summed E-state index contributed by atoms with van der Waals surface area (Å²) in [5.74, 6) is -1.43. The first-order valence-corrected chi connectivity index (χ1v) is 8.87. The van der Waals surface area contributed by atoms with Gasteiger partial charge in [0.1, 0.15) is 6.04 Å². The Morgan fingerprint density at radius 3 is 2.41 bits per heavy atom. The fourth-order valence-corrected chi connectivity index (χ4v) is 2.86. The van der Waals surface area contributed by atoms with E-state index in [-0.39, 0.29) is 12.3 Å². The number of rotatable bonds is 6. The van der Waals surface area contributed by atoms with Gasteiger partial charge in [0, 0.05) is 28.9 Å². The highest BCUT2D eigenvalue weighted by Gasteiger charge is 2.25. The summed E-state index contributed by atoms with van der Waals surface area (Å²) in [6.07, 6.45) is 0. The topological polar surface area (TPSA) is 92.5 Å². The standard InChI is InChI=1S/C19H19Cl2N3O3/c1-11(19(27)23-17(25)10-22)24(2)16-8-7-12(20)9-14(16)18(26)13-5-3-4-6-15(13)21/h3-9,11H,10,22H2,1-2H3,(H,23,25,27)/t11-/m0/s1. The number of nitrogens with one attached hydrogen (secondary N) is 1. The van der Waals surface area contributed by atoms with Gasteiger partial charge in [0.15, 0.2) is 5.78 Å². The lowest BCUT2D eigenvalue weighted by molar-refractivity contribution is -0.130. The number of nitrogens with two attached hydrogens (primary N) is 1.